The molecule has 0 atom stereocenters. The van der Waals surface area contributed by atoms with Crippen LogP contribution in [-0.2, 0) is 6.54 Å². The lowest BCUT2D eigenvalue weighted by molar-refractivity contribution is 0.114. The molecule has 0 aliphatic heterocycles. The summed E-state index contributed by atoms with van der Waals surface area (Å²) in [6, 6.07) is 1.94. The van der Waals surface area contributed by atoms with E-state index in [2.05, 4.69) is 31.1 Å². The van der Waals surface area contributed by atoms with E-state index >= 15 is 0 Å². The maximum absolute atomic E-state index is 6.15. The van der Waals surface area contributed by atoms with Crippen LogP contribution in [0.1, 0.15) is 45.6 Å². The van der Waals surface area contributed by atoms with E-state index in [-0.39, 0.29) is 5.54 Å². The predicted octanol–water partition coefficient (Wildman–Crippen LogP) is 3.55. The second-order valence-corrected chi connectivity index (χ2v) is 6.30. The Bertz CT molecular complexity index is 411. The highest BCUT2D eigenvalue weighted by atomic mass is 35.5. The molecule has 1 aromatic heterocycles. The third kappa shape index (κ3) is 3.85. The molecular formula is C14H21ClN2O. The Morgan fingerprint density at radius 3 is 2.72 bits per heavy atom. The van der Waals surface area contributed by atoms with Crippen molar-refractivity contribution in [1.29, 1.82) is 0 Å². The molecule has 0 amide bonds. The first-order valence-electron chi connectivity index (χ1n) is 6.50. The van der Waals surface area contributed by atoms with E-state index in [9.17, 15) is 0 Å². The summed E-state index contributed by atoms with van der Waals surface area (Å²) in [4.78, 5) is 4.22. The molecular weight excluding hydrogens is 248 g/mol. The summed E-state index contributed by atoms with van der Waals surface area (Å²) in [5.74, 6) is 0.690. The third-order valence-corrected chi connectivity index (χ3v) is 3.40. The largest absolute Gasteiger partial charge is 0.474 e. The number of ether oxygens (including phenoxy) is 1. The molecule has 0 aromatic carbocycles. The van der Waals surface area contributed by atoms with Gasteiger partial charge < -0.3 is 10.1 Å². The Morgan fingerprint density at radius 2 is 2.17 bits per heavy atom. The van der Waals surface area contributed by atoms with Crippen LogP contribution in [0.3, 0.4) is 0 Å². The molecule has 1 N–H and O–H groups in total. The van der Waals surface area contributed by atoms with Crippen LogP contribution in [0.25, 0.3) is 0 Å². The number of nitrogens with zero attached hydrogens (tertiary/aromatic N) is 1. The van der Waals surface area contributed by atoms with Crippen LogP contribution in [0.5, 0.6) is 5.88 Å². The Labute approximate surface area is 114 Å². The molecule has 0 radical (unpaired) electrons. The zero-order chi connectivity index (χ0) is 13.2. The molecule has 0 saturated heterocycles. The van der Waals surface area contributed by atoms with E-state index in [1.807, 2.05) is 6.07 Å². The van der Waals surface area contributed by atoms with Gasteiger partial charge in [-0.2, -0.15) is 0 Å². The highest BCUT2D eigenvalue weighted by Gasteiger charge is 2.20. The van der Waals surface area contributed by atoms with Crippen molar-refractivity contribution in [3.63, 3.8) is 0 Å². The molecule has 1 saturated carbocycles. The zero-order valence-electron chi connectivity index (χ0n) is 11.3. The SMILES string of the molecule is CC(C)(C)NCc1cc(OC2CCC2)ncc1Cl. The Hall–Kier alpha value is -0.800. The highest BCUT2D eigenvalue weighted by molar-refractivity contribution is 6.31. The average molecular weight is 269 g/mol. The van der Waals surface area contributed by atoms with Crippen molar-refractivity contribution in [1.82, 2.24) is 10.3 Å². The fourth-order valence-corrected chi connectivity index (χ4v) is 1.85. The van der Waals surface area contributed by atoms with Gasteiger partial charge in [-0.15, -0.1) is 0 Å². The van der Waals surface area contributed by atoms with E-state index in [0.717, 1.165) is 24.9 Å². The van der Waals surface area contributed by atoms with Gasteiger partial charge in [-0.1, -0.05) is 11.6 Å². The Morgan fingerprint density at radius 1 is 1.44 bits per heavy atom. The van der Waals surface area contributed by atoms with Crippen LogP contribution >= 0.6 is 11.6 Å². The van der Waals surface area contributed by atoms with Gasteiger partial charge in [0.25, 0.3) is 0 Å². The average Bonchev–Trinajstić information content (AvgIpc) is 2.22. The molecule has 0 unspecified atom stereocenters. The van der Waals surface area contributed by atoms with E-state index < -0.39 is 0 Å². The molecule has 1 aliphatic rings. The van der Waals surface area contributed by atoms with Gasteiger partial charge in [0.05, 0.1) is 5.02 Å². The van der Waals surface area contributed by atoms with E-state index in [4.69, 9.17) is 16.3 Å². The lowest BCUT2D eigenvalue weighted by Gasteiger charge is -2.26. The molecule has 1 aliphatic carbocycles. The van der Waals surface area contributed by atoms with Crippen LogP contribution in [0, 0.1) is 0 Å². The monoisotopic (exact) mass is 268 g/mol. The second kappa shape index (κ2) is 5.45. The van der Waals surface area contributed by atoms with Gasteiger partial charge in [-0.25, -0.2) is 4.98 Å². The first-order chi connectivity index (χ1) is 8.44. The first-order valence-corrected chi connectivity index (χ1v) is 6.88. The van der Waals surface area contributed by atoms with Crippen molar-refractivity contribution < 1.29 is 4.74 Å². The van der Waals surface area contributed by atoms with Crippen LogP contribution in [0.2, 0.25) is 5.02 Å². The molecule has 3 nitrogen and oxygen atoms in total. The zero-order valence-corrected chi connectivity index (χ0v) is 12.0. The van der Waals surface area contributed by atoms with E-state index in [0.29, 0.717) is 17.0 Å². The van der Waals surface area contributed by atoms with Crippen LogP contribution in [0.15, 0.2) is 12.3 Å². The molecule has 100 valence electrons. The normalized spacial score (nSPS) is 16.4. The molecule has 0 bridgehead atoms. The van der Waals surface area contributed by atoms with Gasteiger partial charge in [0, 0.05) is 24.3 Å². The Balaban J connectivity index is 2.01. The van der Waals surface area contributed by atoms with Crippen molar-refractivity contribution in [2.45, 2.75) is 58.2 Å². The van der Waals surface area contributed by atoms with Gasteiger partial charge in [0.15, 0.2) is 0 Å². The smallest absolute Gasteiger partial charge is 0.213 e. The van der Waals surface area contributed by atoms with Crippen molar-refractivity contribution in [2.75, 3.05) is 0 Å². The van der Waals surface area contributed by atoms with Gasteiger partial charge >= 0.3 is 0 Å². The lowest BCUT2D eigenvalue weighted by atomic mass is 9.96. The molecule has 2 rings (SSSR count). The molecule has 1 aromatic rings. The quantitative estimate of drug-likeness (QED) is 0.907. The van der Waals surface area contributed by atoms with Crippen LogP contribution in [0.4, 0.5) is 0 Å². The number of hydrogen-bond acceptors (Lipinski definition) is 3. The van der Waals surface area contributed by atoms with Crippen molar-refractivity contribution in [3.8, 4) is 5.88 Å². The summed E-state index contributed by atoms with van der Waals surface area (Å²) in [5, 5.41) is 4.11. The van der Waals surface area contributed by atoms with Crippen molar-refractivity contribution >= 4 is 11.6 Å². The third-order valence-electron chi connectivity index (χ3n) is 3.06. The summed E-state index contributed by atoms with van der Waals surface area (Å²) in [7, 11) is 0. The summed E-state index contributed by atoms with van der Waals surface area (Å²) in [5.41, 5.74) is 1.11. The number of halogens is 1. The van der Waals surface area contributed by atoms with Gasteiger partial charge in [0.2, 0.25) is 5.88 Å². The molecule has 0 spiro atoms. The summed E-state index contributed by atoms with van der Waals surface area (Å²) >= 11 is 6.15. The van der Waals surface area contributed by atoms with Crippen molar-refractivity contribution in [3.05, 3.63) is 22.8 Å². The summed E-state index contributed by atoms with van der Waals surface area (Å²) in [6.07, 6.45) is 5.56. The minimum Gasteiger partial charge on any atom is -0.474 e. The minimum atomic E-state index is 0.0710. The number of pyridine rings is 1. The molecule has 18 heavy (non-hydrogen) atoms. The number of rotatable bonds is 4. The standard InChI is InChI=1S/C14H21ClN2O/c1-14(2,3)17-8-10-7-13(16-9-12(10)15)18-11-5-4-6-11/h7,9,11,17H,4-6,8H2,1-3H3. The first kappa shape index (κ1) is 13.6. The number of hydrogen-bond donors (Lipinski definition) is 1. The fourth-order valence-electron chi connectivity index (χ4n) is 1.68. The molecule has 1 heterocycles. The van der Waals surface area contributed by atoms with Crippen LogP contribution in [-0.4, -0.2) is 16.6 Å². The second-order valence-electron chi connectivity index (χ2n) is 5.89. The lowest BCUT2D eigenvalue weighted by Crippen LogP contribution is -2.35. The maximum atomic E-state index is 6.15. The topological polar surface area (TPSA) is 34.1 Å². The predicted molar refractivity (Wildman–Crippen MR) is 74.1 cm³/mol. The maximum Gasteiger partial charge on any atom is 0.213 e. The minimum absolute atomic E-state index is 0.0710. The molecule has 4 heteroatoms. The number of nitrogens with one attached hydrogen (secondary N) is 1. The Kier molecular flexibility index (Phi) is 4.13. The van der Waals surface area contributed by atoms with Crippen LogP contribution < -0.4 is 10.1 Å². The fraction of sp³-hybridized carbons (Fsp3) is 0.643. The van der Waals surface area contributed by atoms with E-state index in [1.165, 1.54) is 6.42 Å². The molecule has 1 fully saturated rings. The van der Waals surface area contributed by atoms with Gasteiger partial charge in [-0.05, 0) is 45.6 Å². The number of aromatic nitrogens is 1. The highest BCUT2D eigenvalue weighted by Crippen LogP contribution is 2.26. The van der Waals surface area contributed by atoms with Crippen molar-refractivity contribution in [2.24, 2.45) is 0 Å². The van der Waals surface area contributed by atoms with E-state index in [1.54, 1.807) is 6.20 Å². The summed E-state index contributed by atoms with van der Waals surface area (Å²) in [6.45, 7) is 7.13. The summed E-state index contributed by atoms with van der Waals surface area (Å²) < 4.78 is 5.78. The van der Waals surface area contributed by atoms with Gasteiger partial charge in [-0.3, -0.25) is 0 Å². The van der Waals surface area contributed by atoms with Gasteiger partial charge in [0.1, 0.15) is 6.10 Å².